The maximum atomic E-state index is 13.5. The van der Waals surface area contributed by atoms with Crippen LogP contribution in [-0.4, -0.2) is 29.3 Å². The molecule has 172 valence electrons. The number of carbonyl (C=O) groups is 2. The standard InChI is InChI=1S/C27H28Cl2N2O2/c1-2-30-27(33)25(18-21-12-7-4-8-13-21)31(19-22-23(28)14-9-15-24(22)29)26(32)17-16-20-10-5-3-6-11-20/h3-15,25H,2,16-19H2,1H3,(H,30,33)/t25-/m1/s1. The highest BCUT2D eigenvalue weighted by atomic mass is 35.5. The first-order valence-corrected chi connectivity index (χ1v) is 11.8. The van der Waals surface area contributed by atoms with E-state index in [0.717, 1.165) is 11.1 Å². The van der Waals surface area contributed by atoms with E-state index in [1.54, 1.807) is 23.1 Å². The Bertz CT molecular complexity index is 1040. The van der Waals surface area contributed by atoms with E-state index in [1.165, 1.54) is 0 Å². The number of likely N-dealkylation sites (N-methyl/N-ethyl adjacent to an activating group) is 1. The predicted octanol–water partition coefficient (Wildman–Crippen LogP) is 5.70. The molecule has 1 atom stereocenters. The normalized spacial score (nSPS) is 11.6. The first-order chi connectivity index (χ1) is 16.0. The fourth-order valence-corrected chi connectivity index (χ4v) is 4.26. The molecule has 1 N–H and O–H groups in total. The van der Waals surface area contributed by atoms with Crippen molar-refractivity contribution in [2.24, 2.45) is 0 Å². The summed E-state index contributed by atoms with van der Waals surface area (Å²) in [6.45, 7) is 2.49. The number of rotatable bonds is 10. The van der Waals surface area contributed by atoms with Gasteiger partial charge in [0, 0.05) is 41.5 Å². The van der Waals surface area contributed by atoms with Gasteiger partial charge < -0.3 is 10.2 Å². The smallest absolute Gasteiger partial charge is 0.243 e. The third kappa shape index (κ3) is 7.08. The van der Waals surface area contributed by atoms with Crippen LogP contribution < -0.4 is 5.32 Å². The Morgan fingerprint density at radius 1 is 0.848 bits per heavy atom. The number of nitrogens with one attached hydrogen (secondary N) is 1. The lowest BCUT2D eigenvalue weighted by molar-refractivity contribution is -0.141. The summed E-state index contributed by atoms with van der Waals surface area (Å²) in [4.78, 5) is 28.3. The molecule has 0 radical (unpaired) electrons. The van der Waals surface area contributed by atoms with E-state index in [0.29, 0.717) is 35.0 Å². The average Bonchev–Trinajstić information content (AvgIpc) is 2.83. The zero-order valence-electron chi connectivity index (χ0n) is 18.6. The van der Waals surface area contributed by atoms with Gasteiger partial charge in [-0.3, -0.25) is 9.59 Å². The molecule has 0 saturated heterocycles. The molecule has 4 nitrogen and oxygen atoms in total. The van der Waals surface area contributed by atoms with Crippen molar-refractivity contribution >= 4 is 35.0 Å². The van der Waals surface area contributed by atoms with Crippen molar-refractivity contribution in [3.05, 3.63) is 106 Å². The summed E-state index contributed by atoms with van der Waals surface area (Å²) in [6, 6.07) is 24.1. The van der Waals surface area contributed by atoms with Crippen LogP contribution in [0.1, 0.15) is 30.0 Å². The largest absolute Gasteiger partial charge is 0.355 e. The summed E-state index contributed by atoms with van der Waals surface area (Å²) >= 11 is 12.9. The van der Waals surface area contributed by atoms with Gasteiger partial charge >= 0.3 is 0 Å². The Kier molecular flexibility index (Phi) is 9.35. The Labute approximate surface area is 205 Å². The molecule has 3 rings (SSSR count). The van der Waals surface area contributed by atoms with E-state index < -0.39 is 6.04 Å². The number of aryl methyl sites for hydroxylation is 1. The van der Waals surface area contributed by atoms with Crippen molar-refractivity contribution in [3.8, 4) is 0 Å². The SMILES string of the molecule is CCNC(=O)[C@@H](Cc1ccccc1)N(Cc1c(Cl)cccc1Cl)C(=O)CCc1ccccc1. The third-order valence-corrected chi connectivity index (χ3v) is 6.19. The second kappa shape index (κ2) is 12.4. The Morgan fingerprint density at radius 2 is 1.42 bits per heavy atom. The predicted molar refractivity (Wildman–Crippen MR) is 134 cm³/mol. The van der Waals surface area contributed by atoms with Crippen LogP contribution in [0.5, 0.6) is 0 Å². The number of amides is 2. The Balaban J connectivity index is 1.93. The summed E-state index contributed by atoms with van der Waals surface area (Å²) in [5.74, 6) is -0.320. The molecule has 0 aromatic heterocycles. The fraction of sp³-hybridized carbons (Fsp3) is 0.259. The number of hydrogen-bond acceptors (Lipinski definition) is 2. The van der Waals surface area contributed by atoms with Crippen LogP contribution in [0.3, 0.4) is 0 Å². The van der Waals surface area contributed by atoms with Gasteiger partial charge in [0.15, 0.2) is 0 Å². The van der Waals surface area contributed by atoms with E-state index in [-0.39, 0.29) is 24.8 Å². The summed E-state index contributed by atoms with van der Waals surface area (Å²) in [5, 5.41) is 3.83. The number of carbonyl (C=O) groups excluding carboxylic acids is 2. The molecule has 2 amide bonds. The second-order valence-corrected chi connectivity index (χ2v) is 8.62. The minimum atomic E-state index is -0.692. The van der Waals surface area contributed by atoms with Gasteiger partial charge in [0.1, 0.15) is 6.04 Å². The lowest BCUT2D eigenvalue weighted by atomic mass is 10.0. The summed E-state index contributed by atoms with van der Waals surface area (Å²) in [5.41, 5.74) is 2.68. The van der Waals surface area contributed by atoms with E-state index in [2.05, 4.69) is 5.32 Å². The van der Waals surface area contributed by atoms with Crippen molar-refractivity contribution in [2.75, 3.05) is 6.54 Å². The van der Waals surface area contributed by atoms with Crippen LogP contribution in [0.2, 0.25) is 10.0 Å². The molecule has 0 bridgehead atoms. The van der Waals surface area contributed by atoms with Crippen LogP contribution in [0, 0.1) is 0 Å². The fourth-order valence-electron chi connectivity index (χ4n) is 3.74. The molecule has 0 spiro atoms. The summed E-state index contributed by atoms with van der Waals surface area (Å²) in [7, 11) is 0. The lowest BCUT2D eigenvalue weighted by Crippen LogP contribution is -2.50. The van der Waals surface area contributed by atoms with Gasteiger partial charge in [-0.05, 0) is 36.6 Å². The lowest BCUT2D eigenvalue weighted by Gasteiger charge is -2.32. The number of halogens is 2. The molecule has 3 aromatic carbocycles. The van der Waals surface area contributed by atoms with E-state index in [4.69, 9.17) is 23.2 Å². The van der Waals surface area contributed by atoms with Crippen molar-refractivity contribution < 1.29 is 9.59 Å². The molecule has 3 aromatic rings. The minimum absolute atomic E-state index is 0.123. The summed E-state index contributed by atoms with van der Waals surface area (Å²) in [6.07, 6.45) is 1.25. The zero-order valence-corrected chi connectivity index (χ0v) is 20.1. The van der Waals surface area contributed by atoms with Gasteiger partial charge in [-0.25, -0.2) is 0 Å². The first-order valence-electron chi connectivity index (χ1n) is 11.1. The first kappa shape index (κ1) is 24.8. The number of nitrogens with zero attached hydrogens (tertiary/aromatic N) is 1. The molecule has 6 heteroatoms. The maximum Gasteiger partial charge on any atom is 0.243 e. The molecule has 0 fully saturated rings. The van der Waals surface area contributed by atoms with Gasteiger partial charge in [0.2, 0.25) is 11.8 Å². The minimum Gasteiger partial charge on any atom is -0.355 e. The second-order valence-electron chi connectivity index (χ2n) is 7.81. The van der Waals surface area contributed by atoms with Crippen LogP contribution in [-0.2, 0) is 29.0 Å². The molecular weight excluding hydrogens is 455 g/mol. The van der Waals surface area contributed by atoms with E-state index in [1.807, 2.05) is 67.6 Å². The molecule has 0 unspecified atom stereocenters. The average molecular weight is 483 g/mol. The molecule has 0 aliphatic heterocycles. The zero-order chi connectivity index (χ0) is 23.6. The molecule has 0 saturated carbocycles. The molecule has 0 heterocycles. The molecule has 0 aliphatic rings. The highest BCUT2D eigenvalue weighted by Crippen LogP contribution is 2.27. The van der Waals surface area contributed by atoms with Crippen LogP contribution >= 0.6 is 23.2 Å². The van der Waals surface area contributed by atoms with Crippen LogP contribution in [0.25, 0.3) is 0 Å². The number of benzene rings is 3. The van der Waals surface area contributed by atoms with Gasteiger partial charge in [-0.1, -0.05) is 89.9 Å². The van der Waals surface area contributed by atoms with Crippen molar-refractivity contribution in [1.29, 1.82) is 0 Å². The molecule has 33 heavy (non-hydrogen) atoms. The quantitative estimate of drug-likeness (QED) is 0.402. The van der Waals surface area contributed by atoms with Crippen LogP contribution in [0.4, 0.5) is 0 Å². The van der Waals surface area contributed by atoms with Crippen molar-refractivity contribution in [1.82, 2.24) is 10.2 Å². The van der Waals surface area contributed by atoms with Crippen molar-refractivity contribution in [2.45, 2.75) is 38.8 Å². The Morgan fingerprint density at radius 3 is 2.00 bits per heavy atom. The van der Waals surface area contributed by atoms with Gasteiger partial charge in [-0.2, -0.15) is 0 Å². The van der Waals surface area contributed by atoms with Crippen LogP contribution in [0.15, 0.2) is 78.9 Å². The maximum absolute atomic E-state index is 13.5. The van der Waals surface area contributed by atoms with Gasteiger partial charge in [0.05, 0.1) is 0 Å². The topological polar surface area (TPSA) is 49.4 Å². The monoisotopic (exact) mass is 482 g/mol. The van der Waals surface area contributed by atoms with Gasteiger partial charge in [0.25, 0.3) is 0 Å². The van der Waals surface area contributed by atoms with Gasteiger partial charge in [-0.15, -0.1) is 0 Å². The molecular formula is C27H28Cl2N2O2. The molecule has 0 aliphatic carbocycles. The highest BCUT2D eigenvalue weighted by Gasteiger charge is 2.30. The Hall–Kier alpha value is -2.82. The summed E-state index contributed by atoms with van der Waals surface area (Å²) < 4.78 is 0. The third-order valence-electron chi connectivity index (χ3n) is 5.48. The number of hydrogen-bond donors (Lipinski definition) is 1. The highest BCUT2D eigenvalue weighted by molar-refractivity contribution is 6.36. The van der Waals surface area contributed by atoms with Crippen molar-refractivity contribution in [3.63, 3.8) is 0 Å². The van der Waals surface area contributed by atoms with E-state index >= 15 is 0 Å². The van der Waals surface area contributed by atoms with E-state index in [9.17, 15) is 9.59 Å².